The molecule has 0 unspecified atom stereocenters. The van der Waals surface area contributed by atoms with E-state index in [4.69, 9.17) is 0 Å². The molecule has 100 valence electrons. The van der Waals surface area contributed by atoms with Gasteiger partial charge in [-0.1, -0.05) is 0 Å². The number of carbonyl (C=O) groups excluding carboxylic acids is 1. The van der Waals surface area contributed by atoms with Crippen LogP contribution in [0.15, 0.2) is 38.6 Å². The number of nitrogens with one attached hydrogen (secondary N) is 1. The average molecular weight is 361 g/mol. The fraction of sp³-hybridized carbons (Fsp3) is 0.0909. The molecule has 0 fully saturated rings. The smallest absolute Gasteiger partial charge is 0.256 e. The first-order valence-electron chi connectivity index (χ1n) is 5.08. The summed E-state index contributed by atoms with van der Waals surface area (Å²) >= 11 is 4.69. The molecule has 0 atom stereocenters. The molecule has 8 heteroatoms. The largest absolute Gasteiger partial charge is 0.321 e. The van der Waals surface area contributed by atoms with Gasteiger partial charge < -0.3 is 5.32 Å². The third kappa shape index (κ3) is 3.62. The molecule has 0 aliphatic carbocycles. The number of thiophene rings is 1. The molecular weight excluding hydrogens is 352 g/mol. The van der Waals surface area contributed by atoms with Gasteiger partial charge in [-0.25, -0.2) is 13.4 Å². The Morgan fingerprint density at radius 1 is 1.42 bits per heavy atom. The standard InChI is InChI=1S/C11H9BrN2O3S2/c1-19(16,17)10-3-2-8(5-13-10)14-11(15)7-4-9(12)18-6-7/h2-6H,1H3,(H,14,15). The van der Waals surface area contributed by atoms with Crippen molar-refractivity contribution in [3.63, 3.8) is 0 Å². The highest BCUT2D eigenvalue weighted by Crippen LogP contribution is 2.21. The third-order valence-electron chi connectivity index (χ3n) is 2.20. The van der Waals surface area contributed by atoms with Crippen LogP contribution in [0.1, 0.15) is 10.4 Å². The molecule has 0 aliphatic rings. The SMILES string of the molecule is CS(=O)(=O)c1ccc(NC(=O)c2csc(Br)c2)cn1. The van der Waals surface area contributed by atoms with Crippen LogP contribution in [0, 0.1) is 0 Å². The van der Waals surface area contributed by atoms with Crippen molar-refractivity contribution < 1.29 is 13.2 Å². The Morgan fingerprint density at radius 2 is 2.16 bits per heavy atom. The lowest BCUT2D eigenvalue weighted by molar-refractivity contribution is 0.102. The van der Waals surface area contributed by atoms with E-state index in [1.165, 1.54) is 29.7 Å². The second-order valence-electron chi connectivity index (χ2n) is 3.75. The van der Waals surface area contributed by atoms with Gasteiger partial charge in [0.15, 0.2) is 14.9 Å². The van der Waals surface area contributed by atoms with Gasteiger partial charge >= 0.3 is 0 Å². The molecule has 2 rings (SSSR count). The second kappa shape index (κ2) is 5.40. The van der Waals surface area contributed by atoms with Crippen molar-refractivity contribution in [3.8, 4) is 0 Å². The summed E-state index contributed by atoms with van der Waals surface area (Å²) < 4.78 is 23.3. The monoisotopic (exact) mass is 360 g/mol. The summed E-state index contributed by atoms with van der Waals surface area (Å²) in [6, 6.07) is 4.56. The molecule has 1 amide bonds. The maximum Gasteiger partial charge on any atom is 0.256 e. The number of pyridine rings is 1. The van der Waals surface area contributed by atoms with Gasteiger partial charge in [0.05, 0.1) is 21.2 Å². The number of anilines is 1. The molecule has 0 spiro atoms. The Kier molecular flexibility index (Phi) is 4.02. The van der Waals surface area contributed by atoms with Gasteiger partial charge in [0.1, 0.15) is 0 Å². The van der Waals surface area contributed by atoms with E-state index in [2.05, 4.69) is 26.2 Å². The number of hydrogen-bond acceptors (Lipinski definition) is 5. The van der Waals surface area contributed by atoms with Crippen molar-refractivity contribution >= 4 is 48.7 Å². The van der Waals surface area contributed by atoms with Gasteiger partial charge in [0.2, 0.25) is 0 Å². The predicted molar refractivity (Wildman–Crippen MR) is 77.3 cm³/mol. The highest BCUT2D eigenvalue weighted by Gasteiger charge is 2.11. The molecule has 2 aromatic heterocycles. The maximum absolute atomic E-state index is 11.8. The van der Waals surface area contributed by atoms with Crippen molar-refractivity contribution in [1.29, 1.82) is 0 Å². The molecular formula is C11H9BrN2O3S2. The molecule has 0 aliphatic heterocycles. The van der Waals surface area contributed by atoms with Crippen LogP contribution < -0.4 is 5.32 Å². The maximum atomic E-state index is 11.8. The Morgan fingerprint density at radius 3 is 2.63 bits per heavy atom. The summed E-state index contributed by atoms with van der Waals surface area (Å²) in [7, 11) is -3.33. The van der Waals surface area contributed by atoms with Crippen molar-refractivity contribution in [2.24, 2.45) is 0 Å². The Labute approximate surface area is 122 Å². The molecule has 2 heterocycles. The van der Waals surface area contributed by atoms with Crippen LogP contribution in [0.4, 0.5) is 5.69 Å². The lowest BCUT2D eigenvalue weighted by Crippen LogP contribution is -2.11. The summed E-state index contributed by atoms with van der Waals surface area (Å²) in [5, 5.41) is 4.34. The topological polar surface area (TPSA) is 76.1 Å². The molecule has 0 bridgehead atoms. The van der Waals surface area contributed by atoms with Crippen molar-refractivity contribution in [2.75, 3.05) is 11.6 Å². The molecule has 0 saturated heterocycles. The Bertz CT molecular complexity index is 708. The Hall–Kier alpha value is -1.25. The normalized spacial score (nSPS) is 11.3. The molecule has 5 nitrogen and oxygen atoms in total. The Balaban J connectivity index is 2.14. The van der Waals surface area contributed by atoms with Crippen LogP contribution in [-0.2, 0) is 9.84 Å². The highest BCUT2D eigenvalue weighted by atomic mass is 79.9. The third-order valence-corrected chi connectivity index (χ3v) is 4.71. The lowest BCUT2D eigenvalue weighted by Gasteiger charge is -2.04. The second-order valence-corrected chi connectivity index (χ2v) is 8.00. The summed E-state index contributed by atoms with van der Waals surface area (Å²) in [5.74, 6) is -0.268. The molecule has 2 aromatic rings. The van der Waals surface area contributed by atoms with Gasteiger partial charge in [-0.15, -0.1) is 11.3 Å². The minimum absolute atomic E-state index is 0.0243. The van der Waals surface area contributed by atoms with E-state index >= 15 is 0 Å². The van der Waals surface area contributed by atoms with Gasteiger partial charge in [0, 0.05) is 11.6 Å². The van der Waals surface area contributed by atoms with E-state index in [-0.39, 0.29) is 10.9 Å². The minimum atomic E-state index is -3.33. The first-order valence-corrected chi connectivity index (χ1v) is 8.64. The van der Waals surface area contributed by atoms with E-state index in [1.54, 1.807) is 11.4 Å². The fourth-order valence-corrected chi connectivity index (χ4v) is 3.00. The molecule has 1 N–H and O–H groups in total. The molecule has 0 saturated carbocycles. The van der Waals surface area contributed by atoms with Crippen LogP contribution in [0.5, 0.6) is 0 Å². The number of halogens is 1. The number of nitrogens with zero attached hydrogens (tertiary/aromatic N) is 1. The summed E-state index contributed by atoms with van der Waals surface area (Å²) in [5.41, 5.74) is 0.976. The van der Waals surface area contributed by atoms with E-state index in [0.717, 1.165) is 10.0 Å². The van der Waals surface area contributed by atoms with E-state index in [0.29, 0.717) is 11.3 Å². The first kappa shape index (κ1) is 14.2. The molecule has 0 aromatic carbocycles. The van der Waals surface area contributed by atoms with Gasteiger partial charge in [-0.05, 0) is 34.1 Å². The number of carbonyl (C=O) groups is 1. The van der Waals surface area contributed by atoms with E-state index < -0.39 is 9.84 Å². The summed E-state index contributed by atoms with van der Waals surface area (Å²) in [6.45, 7) is 0. The average Bonchev–Trinajstić information content (AvgIpc) is 2.75. The number of amides is 1. The predicted octanol–water partition coefficient (Wildman–Crippen LogP) is 2.56. The van der Waals surface area contributed by atoms with E-state index in [9.17, 15) is 13.2 Å². The van der Waals surface area contributed by atoms with Crippen LogP contribution in [0.25, 0.3) is 0 Å². The van der Waals surface area contributed by atoms with Gasteiger partial charge in [-0.2, -0.15) is 0 Å². The quantitative estimate of drug-likeness (QED) is 0.912. The van der Waals surface area contributed by atoms with Gasteiger partial charge in [0.25, 0.3) is 5.91 Å². The van der Waals surface area contributed by atoms with Crippen LogP contribution in [0.2, 0.25) is 0 Å². The zero-order valence-corrected chi connectivity index (χ0v) is 13.0. The first-order chi connectivity index (χ1) is 8.86. The zero-order chi connectivity index (χ0) is 14.0. The number of hydrogen-bond donors (Lipinski definition) is 1. The number of rotatable bonds is 3. The molecule has 0 radical (unpaired) electrons. The van der Waals surface area contributed by atoms with Crippen molar-refractivity contribution in [1.82, 2.24) is 4.98 Å². The minimum Gasteiger partial charge on any atom is -0.321 e. The van der Waals surface area contributed by atoms with Crippen LogP contribution in [0.3, 0.4) is 0 Å². The van der Waals surface area contributed by atoms with Crippen LogP contribution in [-0.4, -0.2) is 25.6 Å². The number of aromatic nitrogens is 1. The molecule has 19 heavy (non-hydrogen) atoms. The zero-order valence-electron chi connectivity index (χ0n) is 9.75. The number of sulfone groups is 1. The lowest BCUT2D eigenvalue weighted by atomic mass is 10.3. The van der Waals surface area contributed by atoms with E-state index in [1.807, 2.05) is 0 Å². The van der Waals surface area contributed by atoms with Crippen molar-refractivity contribution in [3.05, 3.63) is 39.1 Å². The van der Waals surface area contributed by atoms with Crippen molar-refractivity contribution in [2.45, 2.75) is 5.03 Å². The fourth-order valence-electron chi connectivity index (χ4n) is 1.31. The summed E-state index contributed by atoms with van der Waals surface area (Å²) in [6.07, 6.45) is 2.40. The van der Waals surface area contributed by atoms with Gasteiger partial charge in [-0.3, -0.25) is 4.79 Å². The summed E-state index contributed by atoms with van der Waals surface area (Å²) in [4.78, 5) is 15.6. The van der Waals surface area contributed by atoms with Crippen LogP contribution >= 0.6 is 27.3 Å². The highest BCUT2D eigenvalue weighted by molar-refractivity contribution is 9.11.